The Morgan fingerprint density at radius 2 is 2.14 bits per heavy atom. The summed E-state index contributed by atoms with van der Waals surface area (Å²) in [5.41, 5.74) is 3.72. The first kappa shape index (κ1) is 14.3. The monoisotopic (exact) mass is 284 g/mol. The maximum atomic E-state index is 4.52. The molecule has 1 fully saturated rings. The minimum atomic E-state index is 0.782. The highest BCUT2D eigenvalue weighted by molar-refractivity contribution is 5.40. The number of hydrogen-bond donors (Lipinski definition) is 1. The first-order chi connectivity index (χ1) is 10.3. The minimum Gasteiger partial charge on any atom is -0.319 e. The molecule has 0 amide bonds. The Balaban J connectivity index is 1.74. The van der Waals surface area contributed by atoms with E-state index in [0.717, 1.165) is 19.0 Å². The van der Waals surface area contributed by atoms with Crippen LogP contribution in [0.1, 0.15) is 17.7 Å². The van der Waals surface area contributed by atoms with E-state index in [9.17, 15) is 0 Å². The molecule has 1 aromatic heterocycles. The third-order valence-electron chi connectivity index (χ3n) is 4.31. The molecule has 3 rings (SSSR count). The molecule has 0 bridgehead atoms. The highest BCUT2D eigenvalue weighted by Crippen LogP contribution is 2.20. The molecule has 1 saturated heterocycles. The average molecular weight is 284 g/mol. The number of likely N-dealkylation sites (tertiary alicyclic amines) is 1. The smallest absolute Gasteiger partial charge is 0.0678 e. The minimum absolute atomic E-state index is 0.782. The molecular weight excluding hydrogens is 260 g/mol. The number of rotatable bonds is 5. The van der Waals surface area contributed by atoms with Crippen molar-refractivity contribution >= 4 is 0 Å². The maximum Gasteiger partial charge on any atom is 0.0678 e. The van der Waals surface area contributed by atoms with Crippen molar-refractivity contribution in [3.63, 3.8) is 0 Å². The van der Waals surface area contributed by atoms with E-state index in [1.54, 1.807) is 0 Å². The highest BCUT2D eigenvalue weighted by Gasteiger charge is 2.22. The van der Waals surface area contributed by atoms with Gasteiger partial charge in [0, 0.05) is 19.3 Å². The Morgan fingerprint density at radius 1 is 1.29 bits per heavy atom. The lowest BCUT2D eigenvalue weighted by atomic mass is 10.1. The van der Waals surface area contributed by atoms with Gasteiger partial charge in [-0.2, -0.15) is 5.10 Å². The molecule has 1 unspecified atom stereocenters. The summed E-state index contributed by atoms with van der Waals surface area (Å²) in [5.74, 6) is 0.782. The van der Waals surface area contributed by atoms with Gasteiger partial charge in [0.15, 0.2) is 0 Å². The molecule has 1 aliphatic heterocycles. The number of aromatic nitrogens is 2. The summed E-state index contributed by atoms with van der Waals surface area (Å²) in [4.78, 5) is 2.54. The normalized spacial score (nSPS) is 19.2. The Morgan fingerprint density at radius 3 is 2.95 bits per heavy atom. The third-order valence-corrected chi connectivity index (χ3v) is 4.31. The zero-order valence-electron chi connectivity index (χ0n) is 12.9. The first-order valence-corrected chi connectivity index (χ1v) is 7.74. The second kappa shape index (κ2) is 6.41. The van der Waals surface area contributed by atoms with Crippen molar-refractivity contribution < 1.29 is 0 Å². The highest BCUT2D eigenvalue weighted by atomic mass is 15.3. The van der Waals surface area contributed by atoms with E-state index in [-0.39, 0.29) is 0 Å². The SMILES string of the molecule is CNCC1CCN(Cc2ccnn2-c2ccccc2C)C1. The van der Waals surface area contributed by atoms with E-state index in [0.29, 0.717) is 0 Å². The van der Waals surface area contributed by atoms with Crippen LogP contribution in [-0.4, -0.2) is 41.4 Å². The topological polar surface area (TPSA) is 33.1 Å². The van der Waals surface area contributed by atoms with E-state index < -0.39 is 0 Å². The standard InChI is InChI=1S/C17H24N4/c1-14-5-3-4-6-17(14)21-16(7-9-19-21)13-20-10-8-15(12-20)11-18-2/h3-7,9,15,18H,8,10-13H2,1-2H3. The van der Waals surface area contributed by atoms with Gasteiger partial charge in [0.2, 0.25) is 0 Å². The van der Waals surface area contributed by atoms with Gasteiger partial charge in [0.25, 0.3) is 0 Å². The number of nitrogens with one attached hydrogen (secondary N) is 1. The first-order valence-electron chi connectivity index (χ1n) is 7.74. The number of aryl methyl sites for hydroxylation is 1. The van der Waals surface area contributed by atoms with Crippen LogP contribution < -0.4 is 5.32 Å². The van der Waals surface area contributed by atoms with E-state index >= 15 is 0 Å². The molecule has 4 nitrogen and oxygen atoms in total. The summed E-state index contributed by atoms with van der Waals surface area (Å²) in [5, 5.41) is 7.81. The van der Waals surface area contributed by atoms with Crippen molar-refractivity contribution in [1.29, 1.82) is 0 Å². The van der Waals surface area contributed by atoms with Crippen LogP contribution in [0.4, 0.5) is 0 Å². The maximum absolute atomic E-state index is 4.52. The Labute approximate surface area is 126 Å². The van der Waals surface area contributed by atoms with Crippen molar-refractivity contribution in [2.45, 2.75) is 19.9 Å². The second-order valence-corrected chi connectivity index (χ2v) is 5.97. The molecule has 0 aliphatic carbocycles. The zero-order chi connectivity index (χ0) is 14.7. The van der Waals surface area contributed by atoms with E-state index in [2.05, 4.69) is 57.3 Å². The number of hydrogen-bond acceptors (Lipinski definition) is 3. The zero-order valence-corrected chi connectivity index (χ0v) is 12.9. The van der Waals surface area contributed by atoms with Gasteiger partial charge in [-0.15, -0.1) is 0 Å². The number of nitrogens with zero attached hydrogens (tertiary/aromatic N) is 3. The van der Waals surface area contributed by atoms with Crippen molar-refractivity contribution in [1.82, 2.24) is 20.0 Å². The average Bonchev–Trinajstić information content (AvgIpc) is 3.10. The summed E-state index contributed by atoms with van der Waals surface area (Å²) in [6.45, 7) is 6.60. The lowest BCUT2D eigenvalue weighted by Crippen LogP contribution is -2.25. The lowest BCUT2D eigenvalue weighted by Gasteiger charge is -2.17. The van der Waals surface area contributed by atoms with Gasteiger partial charge in [0.05, 0.1) is 11.4 Å². The predicted octanol–water partition coefficient (Wildman–Crippen LogP) is 2.22. The Kier molecular flexibility index (Phi) is 4.36. The van der Waals surface area contributed by atoms with Gasteiger partial charge in [-0.3, -0.25) is 4.90 Å². The molecule has 0 saturated carbocycles. The van der Waals surface area contributed by atoms with E-state index in [1.165, 1.54) is 36.5 Å². The fourth-order valence-corrected chi connectivity index (χ4v) is 3.21. The quantitative estimate of drug-likeness (QED) is 0.914. The summed E-state index contributed by atoms with van der Waals surface area (Å²) >= 11 is 0. The van der Waals surface area contributed by atoms with Crippen molar-refractivity contribution in [3.05, 3.63) is 47.8 Å². The van der Waals surface area contributed by atoms with Crippen LogP contribution in [0.3, 0.4) is 0 Å². The number of para-hydroxylation sites is 1. The van der Waals surface area contributed by atoms with Crippen LogP contribution in [0, 0.1) is 12.8 Å². The van der Waals surface area contributed by atoms with Gasteiger partial charge in [-0.1, -0.05) is 18.2 Å². The van der Waals surface area contributed by atoms with Gasteiger partial charge < -0.3 is 5.32 Å². The molecule has 1 aliphatic rings. The summed E-state index contributed by atoms with van der Waals surface area (Å²) < 4.78 is 2.08. The number of benzene rings is 1. The third kappa shape index (κ3) is 3.17. The molecule has 0 spiro atoms. The van der Waals surface area contributed by atoms with Gasteiger partial charge >= 0.3 is 0 Å². The molecule has 112 valence electrons. The molecule has 1 N–H and O–H groups in total. The van der Waals surface area contributed by atoms with Crippen molar-refractivity contribution in [2.24, 2.45) is 5.92 Å². The van der Waals surface area contributed by atoms with Crippen molar-refractivity contribution in [3.8, 4) is 5.69 Å². The molecule has 1 atom stereocenters. The molecule has 2 aromatic rings. The fourth-order valence-electron chi connectivity index (χ4n) is 3.21. The Bertz CT molecular complexity index is 590. The molecule has 0 radical (unpaired) electrons. The van der Waals surface area contributed by atoms with Crippen LogP contribution in [0.15, 0.2) is 36.5 Å². The van der Waals surface area contributed by atoms with Crippen LogP contribution in [0.2, 0.25) is 0 Å². The van der Waals surface area contributed by atoms with Crippen molar-refractivity contribution in [2.75, 3.05) is 26.7 Å². The van der Waals surface area contributed by atoms with Crippen LogP contribution in [0.5, 0.6) is 0 Å². The largest absolute Gasteiger partial charge is 0.319 e. The Hall–Kier alpha value is -1.65. The predicted molar refractivity (Wildman–Crippen MR) is 85.6 cm³/mol. The lowest BCUT2D eigenvalue weighted by molar-refractivity contribution is 0.308. The van der Waals surface area contributed by atoms with Gasteiger partial charge in [0.1, 0.15) is 0 Å². The molecule has 21 heavy (non-hydrogen) atoms. The van der Waals surface area contributed by atoms with Crippen LogP contribution in [-0.2, 0) is 6.54 Å². The fraction of sp³-hybridized carbons (Fsp3) is 0.471. The molecular formula is C17H24N4. The summed E-state index contributed by atoms with van der Waals surface area (Å²) in [6, 6.07) is 10.6. The summed E-state index contributed by atoms with van der Waals surface area (Å²) in [6.07, 6.45) is 3.20. The molecule has 1 aromatic carbocycles. The second-order valence-electron chi connectivity index (χ2n) is 5.97. The molecule has 2 heterocycles. The van der Waals surface area contributed by atoms with Gasteiger partial charge in [-0.05, 0) is 57.1 Å². The van der Waals surface area contributed by atoms with Gasteiger partial charge in [-0.25, -0.2) is 4.68 Å². The van der Waals surface area contributed by atoms with E-state index in [4.69, 9.17) is 0 Å². The molecule has 4 heteroatoms. The van der Waals surface area contributed by atoms with E-state index in [1.807, 2.05) is 13.2 Å². The summed E-state index contributed by atoms with van der Waals surface area (Å²) in [7, 11) is 2.04. The van der Waals surface area contributed by atoms with Crippen LogP contribution in [0.25, 0.3) is 5.69 Å². The van der Waals surface area contributed by atoms with Crippen LogP contribution >= 0.6 is 0 Å².